The highest BCUT2D eigenvalue weighted by Gasteiger charge is 2.57. The Hall–Kier alpha value is 0.0300. The van der Waals surface area contributed by atoms with E-state index < -0.39 is 37.0 Å². The fourth-order valence-corrected chi connectivity index (χ4v) is 2.57. The summed E-state index contributed by atoms with van der Waals surface area (Å²) in [4.78, 5) is 0. The predicted octanol–water partition coefficient (Wildman–Crippen LogP) is 9.11. The lowest BCUT2D eigenvalue weighted by Crippen LogP contribution is -2.36. The predicted molar refractivity (Wildman–Crippen MR) is 97.4 cm³/mol. The van der Waals surface area contributed by atoms with Crippen LogP contribution in [0.3, 0.4) is 0 Å². The minimum absolute atomic E-state index is 0.0630. The molecule has 0 rings (SSSR count). The van der Waals surface area contributed by atoms with Gasteiger partial charge in [-0.3, -0.25) is 0 Å². The van der Waals surface area contributed by atoms with Crippen LogP contribution in [0.4, 0.5) is 43.9 Å². The van der Waals surface area contributed by atoms with Crippen LogP contribution in [-0.4, -0.2) is 28.6 Å². The molecule has 0 nitrogen and oxygen atoms in total. The van der Waals surface area contributed by atoms with Gasteiger partial charge in [0.25, 0.3) is 0 Å². The van der Waals surface area contributed by atoms with E-state index in [9.17, 15) is 43.9 Å². The fourth-order valence-electron chi connectivity index (χ4n) is 2.03. The number of hydrogen-bond acceptors (Lipinski definition) is 0. The van der Waals surface area contributed by atoms with Gasteiger partial charge >= 0.3 is 24.2 Å². The van der Waals surface area contributed by atoms with E-state index in [4.69, 9.17) is 0 Å². The van der Waals surface area contributed by atoms with Gasteiger partial charge in [-0.05, 0) is 23.7 Å². The van der Waals surface area contributed by atoms with Gasteiger partial charge in [0, 0.05) is 12.8 Å². The van der Waals surface area contributed by atoms with E-state index in [-0.39, 0.29) is 12.8 Å². The van der Waals surface area contributed by atoms with Crippen molar-refractivity contribution in [1.29, 1.82) is 0 Å². The van der Waals surface area contributed by atoms with Crippen LogP contribution in [-0.2, 0) is 0 Å². The fraction of sp³-hybridized carbons (Fsp3) is 1.00. The molecule has 0 aliphatic carbocycles. The second-order valence-corrected chi connectivity index (χ2v) is 7.50. The average Bonchev–Trinajstić information content (AvgIpc) is 2.53. The highest BCUT2D eigenvalue weighted by atomic mass is 127. The first-order valence-electron chi connectivity index (χ1n) is 9.07. The van der Waals surface area contributed by atoms with Crippen molar-refractivity contribution in [2.24, 2.45) is 0 Å². The molecule has 0 unspecified atom stereocenters. The molecule has 0 saturated heterocycles. The summed E-state index contributed by atoms with van der Waals surface area (Å²) in [5.74, 6) is -9.03. The summed E-state index contributed by atoms with van der Waals surface area (Å²) in [6.45, 7) is 1.95. The van der Waals surface area contributed by atoms with E-state index in [1.807, 2.05) is 6.92 Å². The molecule has 172 valence electrons. The second-order valence-electron chi connectivity index (χ2n) is 6.42. The van der Waals surface area contributed by atoms with Gasteiger partial charge in [0.15, 0.2) is 0 Å². The van der Waals surface area contributed by atoms with Crippen molar-refractivity contribution in [1.82, 2.24) is 0 Å². The highest BCUT2D eigenvalue weighted by Crippen LogP contribution is 2.40. The molecule has 0 aromatic carbocycles. The number of hydrogen-bond donors (Lipinski definition) is 0. The van der Waals surface area contributed by atoms with Gasteiger partial charge in [-0.25, -0.2) is 0 Å². The smallest absolute Gasteiger partial charge is 0.196 e. The zero-order valence-electron chi connectivity index (χ0n) is 15.6. The Kier molecular flexibility index (Phi) is 15.2. The molecule has 0 aliphatic rings. The first kappa shape index (κ1) is 30.2. The molecule has 0 saturated carbocycles. The maximum Gasteiger partial charge on any atom is 0.453 e. The van der Waals surface area contributed by atoms with Gasteiger partial charge in [-0.1, -0.05) is 68.0 Å². The molecule has 0 aromatic heterocycles. The van der Waals surface area contributed by atoms with Gasteiger partial charge in [0.2, 0.25) is 0 Å². The molecule has 11 heteroatoms. The van der Waals surface area contributed by atoms with Crippen LogP contribution < -0.4 is 0 Å². The molecule has 0 aromatic rings. The summed E-state index contributed by atoms with van der Waals surface area (Å²) >= 11 is 2.14. The molecule has 0 bridgehead atoms. The Morgan fingerprint density at radius 2 is 0.821 bits per heavy atom. The third-order valence-electron chi connectivity index (χ3n) is 3.80. The highest BCUT2D eigenvalue weighted by molar-refractivity contribution is 14.1. The molecular formula is C17H27F10I. The molecule has 28 heavy (non-hydrogen) atoms. The van der Waals surface area contributed by atoms with Crippen molar-refractivity contribution in [3.8, 4) is 0 Å². The van der Waals surface area contributed by atoms with Crippen molar-refractivity contribution in [3.63, 3.8) is 0 Å². The molecule has 0 radical (unpaired) electrons. The normalized spacial score (nSPS) is 13.3. The quantitative estimate of drug-likeness (QED) is 0.0988. The summed E-state index contributed by atoms with van der Waals surface area (Å²) in [6, 6.07) is 0. The van der Waals surface area contributed by atoms with E-state index in [0.29, 0.717) is 12.8 Å². The van der Waals surface area contributed by atoms with Gasteiger partial charge in [-0.2, -0.15) is 43.9 Å². The van der Waals surface area contributed by atoms with Crippen LogP contribution in [0.25, 0.3) is 0 Å². The van der Waals surface area contributed by atoms with Gasteiger partial charge in [0.1, 0.15) is 0 Å². The summed E-state index contributed by atoms with van der Waals surface area (Å²) < 4.78 is 120. The summed E-state index contributed by atoms with van der Waals surface area (Å²) in [5.41, 5.74) is 0. The summed E-state index contributed by atoms with van der Waals surface area (Å²) in [7, 11) is 0. The van der Waals surface area contributed by atoms with Crippen molar-refractivity contribution >= 4 is 22.6 Å². The van der Waals surface area contributed by atoms with E-state index >= 15 is 0 Å². The lowest BCUT2D eigenvalue weighted by Gasteiger charge is -2.19. The zero-order chi connectivity index (χ0) is 22.5. The van der Waals surface area contributed by atoms with Crippen LogP contribution >= 0.6 is 22.6 Å². The Morgan fingerprint density at radius 1 is 0.500 bits per heavy atom. The van der Waals surface area contributed by atoms with Crippen LogP contribution in [0, 0.1) is 0 Å². The average molecular weight is 548 g/mol. The Labute approximate surface area is 173 Å². The van der Waals surface area contributed by atoms with E-state index in [1.165, 1.54) is 0 Å². The largest absolute Gasteiger partial charge is 0.453 e. The lowest BCUT2D eigenvalue weighted by atomic mass is 10.1. The van der Waals surface area contributed by atoms with E-state index in [0.717, 1.165) is 36.5 Å². The van der Waals surface area contributed by atoms with Crippen LogP contribution in [0.15, 0.2) is 0 Å². The summed E-state index contributed by atoms with van der Waals surface area (Å²) in [5, 5.41) is 0. The Bertz CT molecular complexity index is 341. The number of unbranched alkanes of at least 4 members (excludes halogenated alkanes) is 7. The van der Waals surface area contributed by atoms with Gasteiger partial charge in [0.05, 0.1) is 0 Å². The van der Waals surface area contributed by atoms with Crippen LogP contribution in [0.2, 0.25) is 0 Å². The van der Waals surface area contributed by atoms with Crippen molar-refractivity contribution in [3.05, 3.63) is 0 Å². The third-order valence-corrected chi connectivity index (χ3v) is 4.56. The molecule has 0 amide bonds. The number of halogens is 11. The number of rotatable bonds is 12. The number of alkyl halides is 11. The third kappa shape index (κ3) is 14.1. The van der Waals surface area contributed by atoms with E-state index in [2.05, 4.69) is 22.6 Å². The van der Waals surface area contributed by atoms with Crippen LogP contribution in [0.5, 0.6) is 0 Å². The van der Waals surface area contributed by atoms with Crippen molar-refractivity contribution in [2.45, 2.75) is 102 Å². The van der Waals surface area contributed by atoms with Gasteiger partial charge in [-0.15, -0.1) is 0 Å². The van der Waals surface area contributed by atoms with Crippen molar-refractivity contribution < 1.29 is 43.9 Å². The minimum atomic E-state index is -5.39. The maximum atomic E-state index is 12.3. The molecule has 0 N–H and O–H groups in total. The lowest BCUT2D eigenvalue weighted by molar-refractivity contribution is -0.284. The SMILES string of the molecule is CCCCCCCC(F)(F)C(F)(F)F.FC(F)(F)C(F)(F)CCCCCCI. The molecule has 0 spiro atoms. The molecule has 0 atom stereocenters. The maximum absolute atomic E-state index is 12.3. The van der Waals surface area contributed by atoms with Crippen LogP contribution in [0.1, 0.15) is 77.6 Å². The minimum Gasteiger partial charge on any atom is -0.196 e. The second kappa shape index (κ2) is 14.1. The zero-order valence-corrected chi connectivity index (χ0v) is 17.8. The topological polar surface area (TPSA) is 0 Å². The Balaban J connectivity index is 0. The standard InChI is InChI=1S/C9H15F5.C8H12F5I/c1-2-3-4-5-6-7-8(10,11)9(12,13)14;9-7(10,8(11,12)13)5-3-1-2-4-6-14/h2-7H2,1H3;1-6H2. The molecule has 0 aliphatic heterocycles. The van der Waals surface area contributed by atoms with E-state index in [1.54, 1.807) is 0 Å². The molecular weight excluding hydrogens is 521 g/mol. The summed E-state index contributed by atoms with van der Waals surface area (Å²) in [6.07, 6.45) is -8.05. The first-order chi connectivity index (χ1) is 12.6. The molecule has 0 heterocycles. The van der Waals surface area contributed by atoms with Crippen molar-refractivity contribution in [2.75, 3.05) is 4.43 Å². The van der Waals surface area contributed by atoms with Gasteiger partial charge < -0.3 is 0 Å². The Morgan fingerprint density at radius 3 is 1.11 bits per heavy atom. The molecule has 0 fully saturated rings. The monoisotopic (exact) mass is 548 g/mol. The first-order valence-corrected chi connectivity index (χ1v) is 10.6.